The molecule has 2 unspecified atom stereocenters. The van der Waals surface area contributed by atoms with Crippen molar-refractivity contribution in [1.82, 2.24) is 5.32 Å². The molecule has 1 N–H and O–H groups in total. The van der Waals surface area contributed by atoms with Crippen molar-refractivity contribution in [2.45, 2.75) is 46.1 Å². The average Bonchev–Trinajstić information content (AvgIpc) is 2.03. The topological polar surface area (TPSA) is 12.0 Å². The standard InChI is InChI=1S/C12H23N/c1-9(2)8-13-12-10(3)6-5-7-11(12)4/h10-13H,1,5-8H2,2-4H3. The highest BCUT2D eigenvalue weighted by Crippen LogP contribution is 2.28. The molecule has 0 radical (unpaired) electrons. The zero-order valence-corrected chi connectivity index (χ0v) is 9.27. The summed E-state index contributed by atoms with van der Waals surface area (Å²) >= 11 is 0. The van der Waals surface area contributed by atoms with Crippen molar-refractivity contribution in [3.63, 3.8) is 0 Å². The van der Waals surface area contributed by atoms with Crippen LogP contribution in [0, 0.1) is 11.8 Å². The second kappa shape index (κ2) is 4.80. The highest BCUT2D eigenvalue weighted by atomic mass is 14.9. The highest BCUT2D eigenvalue weighted by Gasteiger charge is 2.26. The minimum Gasteiger partial charge on any atom is -0.310 e. The van der Waals surface area contributed by atoms with Gasteiger partial charge >= 0.3 is 0 Å². The van der Waals surface area contributed by atoms with Crippen LogP contribution in [-0.4, -0.2) is 12.6 Å². The summed E-state index contributed by atoms with van der Waals surface area (Å²) < 4.78 is 0. The molecule has 76 valence electrons. The summed E-state index contributed by atoms with van der Waals surface area (Å²) in [4.78, 5) is 0. The maximum Gasteiger partial charge on any atom is 0.0161 e. The normalized spacial score (nSPS) is 34.5. The van der Waals surface area contributed by atoms with Crippen molar-refractivity contribution < 1.29 is 0 Å². The Bertz CT molecular complexity index is 164. The summed E-state index contributed by atoms with van der Waals surface area (Å²) in [5, 5.41) is 3.62. The van der Waals surface area contributed by atoms with E-state index in [-0.39, 0.29) is 0 Å². The first-order valence-electron chi connectivity index (χ1n) is 5.49. The van der Waals surface area contributed by atoms with Gasteiger partial charge in [0.15, 0.2) is 0 Å². The Morgan fingerprint density at radius 3 is 2.31 bits per heavy atom. The smallest absolute Gasteiger partial charge is 0.0161 e. The number of hydrogen-bond acceptors (Lipinski definition) is 1. The quantitative estimate of drug-likeness (QED) is 0.660. The van der Waals surface area contributed by atoms with Crippen LogP contribution in [0.4, 0.5) is 0 Å². The molecule has 13 heavy (non-hydrogen) atoms. The van der Waals surface area contributed by atoms with Gasteiger partial charge in [0.05, 0.1) is 0 Å². The van der Waals surface area contributed by atoms with E-state index in [0.29, 0.717) is 6.04 Å². The molecule has 2 atom stereocenters. The SMILES string of the molecule is C=C(C)CNC1C(C)CCCC1C. The van der Waals surface area contributed by atoms with Crippen LogP contribution in [-0.2, 0) is 0 Å². The van der Waals surface area contributed by atoms with Crippen molar-refractivity contribution in [3.8, 4) is 0 Å². The van der Waals surface area contributed by atoms with E-state index in [2.05, 4.69) is 32.7 Å². The Morgan fingerprint density at radius 2 is 1.85 bits per heavy atom. The third-order valence-electron chi connectivity index (χ3n) is 3.18. The number of nitrogens with one attached hydrogen (secondary N) is 1. The van der Waals surface area contributed by atoms with Gasteiger partial charge in [0.25, 0.3) is 0 Å². The Morgan fingerprint density at radius 1 is 1.31 bits per heavy atom. The van der Waals surface area contributed by atoms with Crippen LogP contribution in [0.15, 0.2) is 12.2 Å². The Labute approximate surface area is 82.6 Å². The van der Waals surface area contributed by atoms with Gasteiger partial charge < -0.3 is 5.32 Å². The predicted molar refractivity (Wildman–Crippen MR) is 58.8 cm³/mol. The number of hydrogen-bond donors (Lipinski definition) is 1. The second-order valence-corrected chi connectivity index (χ2v) is 4.75. The van der Waals surface area contributed by atoms with Gasteiger partial charge in [0.1, 0.15) is 0 Å². The molecule has 0 saturated heterocycles. The minimum atomic E-state index is 0.713. The van der Waals surface area contributed by atoms with E-state index < -0.39 is 0 Å². The molecule has 0 aliphatic heterocycles. The summed E-state index contributed by atoms with van der Waals surface area (Å²) in [5.41, 5.74) is 1.24. The first kappa shape index (κ1) is 10.8. The van der Waals surface area contributed by atoms with Gasteiger partial charge in [-0.25, -0.2) is 0 Å². The van der Waals surface area contributed by atoms with Crippen molar-refractivity contribution in [1.29, 1.82) is 0 Å². The Hall–Kier alpha value is -0.300. The van der Waals surface area contributed by atoms with Gasteiger partial charge in [-0.05, 0) is 31.6 Å². The van der Waals surface area contributed by atoms with Crippen LogP contribution in [0.3, 0.4) is 0 Å². The fourth-order valence-electron chi connectivity index (χ4n) is 2.38. The van der Waals surface area contributed by atoms with Crippen LogP contribution in [0.25, 0.3) is 0 Å². The summed E-state index contributed by atoms with van der Waals surface area (Å²) in [5.74, 6) is 1.67. The first-order valence-corrected chi connectivity index (χ1v) is 5.49. The van der Waals surface area contributed by atoms with Crippen LogP contribution in [0.5, 0.6) is 0 Å². The summed E-state index contributed by atoms with van der Waals surface area (Å²) in [6, 6.07) is 0.713. The van der Waals surface area contributed by atoms with Gasteiger partial charge in [0, 0.05) is 12.6 Å². The maximum absolute atomic E-state index is 3.93. The largest absolute Gasteiger partial charge is 0.310 e. The van der Waals surface area contributed by atoms with E-state index in [1.165, 1.54) is 24.8 Å². The fourth-order valence-corrected chi connectivity index (χ4v) is 2.38. The van der Waals surface area contributed by atoms with E-state index in [1.807, 2.05) is 0 Å². The molecule has 1 aliphatic carbocycles. The summed E-state index contributed by atoms with van der Waals surface area (Å²) in [6.07, 6.45) is 4.18. The molecule has 0 aromatic heterocycles. The van der Waals surface area contributed by atoms with Crippen molar-refractivity contribution in [3.05, 3.63) is 12.2 Å². The Kier molecular flexibility index (Phi) is 3.98. The zero-order valence-electron chi connectivity index (χ0n) is 9.27. The van der Waals surface area contributed by atoms with Gasteiger partial charge in [-0.3, -0.25) is 0 Å². The molecule has 1 aliphatic rings. The molecule has 1 saturated carbocycles. The monoisotopic (exact) mass is 181 g/mol. The second-order valence-electron chi connectivity index (χ2n) is 4.75. The fraction of sp³-hybridized carbons (Fsp3) is 0.833. The molecule has 1 nitrogen and oxygen atoms in total. The molecule has 0 amide bonds. The molecule has 0 bridgehead atoms. The predicted octanol–water partition coefficient (Wildman–Crippen LogP) is 2.98. The zero-order chi connectivity index (χ0) is 9.84. The molecule has 1 heteroatoms. The number of rotatable bonds is 3. The van der Waals surface area contributed by atoms with Crippen molar-refractivity contribution in [2.24, 2.45) is 11.8 Å². The Balaban J connectivity index is 2.39. The van der Waals surface area contributed by atoms with E-state index in [1.54, 1.807) is 0 Å². The maximum atomic E-state index is 3.93. The minimum absolute atomic E-state index is 0.713. The van der Waals surface area contributed by atoms with Gasteiger partial charge in [-0.15, -0.1) is 0 Å². The molecule has 0 heterocycles. The van der Waals surface area contributed by atoms with Crippen LogP contribution in [0.1, 0.15) is 40.0 Å². The van der Waals surface area contributed by atoms with Gasteiger partial charge in [-0.2, -0.15) is 0 Å². The lowest BCUT2D eigenvalue weighted by Crippen LogP contribution is -2.43. The third kappa shape index (κ3) is 3.15. The highest BCUT2D eigenvalue weighted by molar-refractivity contribution is 4.94. The first-order chi connectivity index (χ1) is 6.11. The molecule has 0 spiro atoms. The summed E-state index contributed by atoms with van der Waals surface area (Å²) in [7, 11) is 0. The molecule has 0 aromatic rings. The van der Waals surface area contributed by atoms with Crippen LogP contribution >= 0.6 is 0 Å². The molecule has 1 fully saturated rings. The van der Waals surface area contributed by atoms with Crippen LogP contribution in [0.2, 0.25) is 0 Å². The summed E-state index contributed by atoms with van der Waals surface area (Å²) in [6.45, 7) is 11.7. The van der Waals surface area contributed by atoms with Gasteiger partial charge in [0.2, 0.25) is 0 Å². The third-order valence-corrected chi connectivity index (χ3v) is 3.18. The van der Waals surface area contributed by atoms with Crippen molar-refractivity contribution in [2.75, 3.05) is 6.54 Å². The molecular formula is C12H23N. The van der Waals surface area contributed by atoms with Crippen molar-refractivity contribution >= 4 is 0 Å². The van der Waals surface area contributed by atoms with Gasteiger partial charge in [-0.1, -0.05) is 32.4 Å². The average molecular weight is 181 g/mol. The van der Waals surface area contributed by atoms with E-state index in [4.69, 9.17) is 0 Å². The molecular weight excluding hydrogens is 158 g/mol. The lowest BCUT2D eigenvalue weighted by atomic mass is 9.78. The van der Waals surface area contributed by atoms with E-state index in [0.717, 1.165) is 18.4 Å². The lowest BCUT2D eigenvalue weighted by molar-refractivity contribution is 0.213. The van der Waals surface area contributed by atoms with E-state index in [9.17, 15) is 0 Å². The van der Waals surface area contributed by atoms with E-state index >= 15 is 0 Å². The molecule has 0 aromatic carbocycles. The molecule has 1 rings (SSSR count). The lowest BCUT2D eigenvalue weighted by Gasteiger charge is -2.35. The van der Waals surface area contributed by atoms with Crippen LogP contribution < -0.4 is 5.32 Å².